The number of esters is 1. The number of sulfonamides is 1. The highest BCUT2D eigenvalue weighted by Gasteiger charge is 2.29. The van der Waals surface area contributed by atoms with Crippen LogP contribution in [0.2, 0.25) is 5.02 Å². The zero-order valence-corrected chi connectivity index (χ0v) is 19.0. The van der Waals surface area contributed by atoms with E-state index >= 15 is 0 Å². The second-order valence-electron chi connectivity index (χ2n) is 7.39. The van der Waals surface area contributed by atoms with E-state index in [2.05, 4.69) is 0 Å². The topological polar surface area (TPSA) is 84.0 Å². The van der Waals surface area contributed by atoms with Gasteiger partial charge < -0.3 is 9.64 Å². The number of hydrogen-bond acceptors (Lipinski definition) is 5. The lowest BCUT2D eigenvalue weighted by atomic mass is 10.2. The maximum atomic E-state index is 12.9. The van der Waals surface area contributed by atoms with Crippen molar-refractivity contribution in [3.63, 3.8) is 0 Å². The van der Waals surface area contributed by atoms with Crippen LogP contribution in [0, 0.1) is 0 Å². The van der Waals surface area contributed by atoms with Gasteiger partial charge in [0.15, 0.2) is 6.10 Å². The molecule has 0 saturated carbocycles. The molecule has 0 unspecified atom stereocenters. The Bertz CT molecular complexity index is 1050. The smallest absolute Gasteiger partial charge is 0.340 e. The van der Waals surface area contributed by atoms with E-state index < -0.39 is 28.0 Å². The Morgan fingerprint density at radius 3 is 2.35 bits per heavy atom. The van der Waals surface area contributed by atoms with Gasteiger partial charge in [0, 0.05) is 25.8 Å². The molecule has 9 heteroatoms. The molecule has 1 atom stereocenters. The minimum atomic E-state index is -3.74. The number of para-hydroxylation sites is 1. The van der Waals surface area contributed by atoms with E-state index in [0.29, 0.717) is 18.8 Å². The molecule has 0 aromatic heterocycles. The van der Waals surface area contributed by atoms with Gasteiger partial charge in [0.05, 0.1) is 15.5 Å². The summed E-state index contributed by atoms with van der Waals surface area (Å²) in [6, 6.07) is 12.9. The molecule has 1 heterocycles. The zero-order chi connectivity index (χ0) is 22.6. The molecule has 1 aliphatic rings. The molecule has 0 spiro atoms. The van der Waals surface area contributed by atoms with E-state index in [0.717, 1.165) is 19.3 Å². The molecule has 166 valence electrons. The fraction of sp³-hybridized carbons (Fsp3) is 0.364. The number of carbonyl (C=O) groups is 2. The number of amides is 1. The Kier molecular flexibility index (Phi) is 7.35. The molecule has 31 heavy (non-hydrogen) atoms. The summed E-state index contributed by atoms with van der Waals surface area (Å²) in [5.74, 6) is -1.28. The van der Waals surface area contributed by atoms with Crippen LogP contribution in [0.1, 0.15) is 36.5 Å². The number of piperidine rings is 1. The average molecular weight is 465 g/mol. The quantitative estimate of drug-likeness (QED) is 0.608. The first kappa shape index (κ1) is 23.2. The highest BCUT2D eigenvalue weighted by atomic mass is 35.5. The van der Waals surface area contributed by atoms with Gasteiger partial charge in [-0.3, -0.25) is 4.79 Å². The van der Waals surface area contributed by atoms with Crippen molar-refractivity contribution >= 4 is 39.2 Å². The Morgan fingerprint density at radius 1 is 1.06 bits per heavy atom. The highest BCUT2D eigenvalue weighted by molar-refractivity contribution is 7.89. The van der Waals surface area contributed by atoms with Gasteiger partial charge in [-0.2, -0.15) is 4.31 Å². The van der Waals surface area contributed by atoms with E-state index in [1.165, 1.54) is 34.3 Å². The maximum absolute atomic E-state index is 12.9. The van der Waals surface area contributed by atoms with Crippen molar-refractivity contribution in [1.82, 2.24) is 4.31 Å². The summed E-state index contributed by atoms with van der Waals surface area (Å²) in [5.41, 5.74) is 0.560. The van der Waals surface area contributed by atoms with Crippen LogP contribution in [0.3, 0.4) is 0 Å². The average Bonchev–Trinajstić information content (AvgIpc) is 2.79. The molecule has 1 amide bonds. The summed E-state index contributed by atoms with van der Waals surface area (Å²) >= 11 is 6.14. The summed E-state index contributed by atoms with van der Waals surface area (Å²) in [5, 5.41) is 0.0543. The number of carbonyl (C=O) groups excluding carboxylic acids is 2. The molecule has 0 radical (unpaired) electrons. The van der Waals surface area contributed by atoms with Gasteiger partial charge in [0.25, 0.3) is 5.91 Å². The Labute approximate surface area is 187 Å². The third-order valence-corrected chi connectivity index (χ3v) is 7.44. The van der Waals surface area contributed by atoms with Crippen molar-refractivity contribution in [2.24, 2.45) is 0 Å². The number of anilines is 1. The Hall–Kier alpha value is -2.42. The molecule has 1 fully saturated rings. The van der Waals surface area contributed by atoms with Gasteiger partial charge in [-0.15, -0.1) is 0 Å². The van der Waals surface area contributed by atoms with Crippen LogP contribution in [0.25, 0.3) is 0 Å². The molecule has 0 aliphatic carbocycles. The molecule has 2 aromatic rings. The minimum Gasteiger partial charge on any atom is -0.449 e. The summed E-state index contributed by atoms with van der Waals surface area (Å²) in [6.45, 7) is 2.35. The van der Waals surface area contributed by atoms with Crippen molar-refractivity contribution in [2.45, 2.75) is 37.2 Å². The first-order chi connectivity index (χ1) is 14.7. The molecule has 7 nitrogen and oxygen atoms in total. The summed E-state index contributed by atoms with van der Waals surface area (Å²) in [4.78, 5) is 26.7. The molecule has 0 N–H and O–H groups in total. The molecule has 2 aromatic carbocycles. The third-order valence-electron chi connectivity index (χ3n) is 5.22. The number of hydrogen-bond donors (Lipinski definition) is 0. The Balaban J connectivity index is 1.77. The predicted octanol–water partition coefficient (Wildman–Crippen LogP) is 3.72. The van der Waals surface area contributed by atoms with Gasteiger partial charge in [0.1, 0.15) is 0 Å². The lowest BCUT2D eigenvalue weighted by Crippen LogP contribution is -2.37. The molecule has 1 aliphatic heterocycles. The van der Waals surface area contributed by atoms with Crippen molar-refractivity contribution in [3.8, 4) is 0 Å². The van der Waals surface area contributed by atoms with Crippen LogP contribution in [0.5, 0.6) is 0 Å². The van der Waals surface area contributed by atoms with Crippen molar-refractivity contribution in [2.75, 3.05) is 25.0 Å². The van der Waals surface area contributed by atoms with Crippen LogP contribution < -0.4 is 4.90 Å². The molecule has 0 bridgehead atoms. The van der Waals surface area contributed by atoms with Gasteiger partial charge in [-0.1, -0.05) is 36.2 Å². The maximum Gasteiger partial charge on any atom is 0.340 e. The second kappa shape index (κ2) is 9.80. The number of rotatable bonds is 6. The van der Waals surface area contributed by atoms with E-state index in [4.69, 9.17) is 16.3 Å². The molecule has 3 rings (SSSR count). The Morgan fingerprint density at radius 2 is 1.71 bits per heavy atom. The number of ether oxygens (including phenoxy) is 1. The van der Waals surface area contributed by atoms with Crippen LogP contribution in [-0.4, -0.2) is 50.8 Å². The first-order valence-corrected chi connectivity index (χ1v) is 11.9. The van der Waals surface area contributed by atoms with Crippen molar-refractivity contribution < 1.29 is 22.7 Å². The highest BCUT2D eigenvalue weighted by Crippen LogP contribution is 2.26. The fourth-order valence-corrected chi connectivity index (χ4v) is 5.14. The van der Waals surface area contributed by atoms with Gasteiger partial charge in [-0.05, 0) is 50.1 Å². The van der Waals surface area contributed by atoms with Crippen LogP contribution >= 0.6 is 11.6 Å². The predicted molar refractivity (Wildman–Crippen MR) is 119 cm³/mol. The van der Waals surface area contributed by atoms with Crippen LogP contribution in [0.4, 0.5) is 5.69 Å². The second-order valence-corrected chi connectivity index (χ2v) is 9.73. The van der Waals surface area contributed by atoms with Gasteiger partial charge >= 0.3 is 5.97 Å². The number of nitrogens with zero attached hydrogens (tertiary/aromatic N) is 2. The van der Waals surface area contributed by atoms with E-state index in [-0.39, 0.29) is 15.5 Å². The first-order valence-electron chi connectivity index (χ1n) is 10.0. The van der Waals surface area contributed by atoms with E-state index in [1.54, 1.807) is 31.3 Å². The zero-order valence-electron chi connectivity index (χ0n) is 17.5. The lowest BCUT2D eigenvalue weighted by Gasteiger charge is -2.26. The largest absolute Gasteiger partial charge is 0.449 e. The summed E-state index contributed by atoms with van der Waals surface area (Å²) < 4.78 is 32.6. The summed E-state index contributed by atoms with van der Waals surface area (Å²) in [6.07, 6.45) is 1.51. The molecular formula is C22H25ClN2O5S. The monoisotopic (exact) mass is 464 g/mol. The lowest BCUT2D eigenvalue weighted by molar-refractivity contribution is -0.126. The standard InChI is InChI=1S/C22H25ClN2O5S/c1-16(21(26)24(2)17-9-5-3-6-10-17)30-22(27)19-15-18(11-12-20(19)23)31(28,29)25-13-7-4-8-14-25/h3,5-6,9-12,15-16H,4,7-8,13-14H2,1-2H3/t16-/m0/s1. The van der Waals surface area contributed by atoms with Gasteiger partial charge in [0.2, 0.25) is 10.0 Å². The van der Waals surface area contributed by atoms with E-state index in [9.17, 15) is 18.0 Å². The van der Waals surface area contributed by atoms with Crippen molar-refractivity contribution in [1.29, 1.82) is 0 Å². The van der Waals surface area contributed by atoms with Crippen molar-refractivity contribution in [3.05, 3.63) is 59.1 Å². The van der Waals surface area contributed by atoms with Crippen LogP contribution in [0.15, 0.2) is 53.4 Å². The fourth-order valence-electron chi connectivity index (χ4n) is 3.40. The summed E-state index contributed by atoms with van der Waals surface area (Å²) in [7, 11) is -2.15. The third kappa shape index (κ3) is 5.26. The van der Waals surface area contributed by atoms with E-state index in [1.807, 2.05) is 6.07 Å². The van der Waals surface area contributed by atoms with Gasteiger partial charge in [-0.25, -0.2) is 13.2 Å². The normalized spacial score (nSPS) is 15.8. The number of benzene rings is 2. The molecular weight excluding hydrogens is 440 g/mol. The number of halogens is 1. The molecule has 1 saturated heterocycles. The SMILES string of the molecule is C[C@H](OC(=O)c1cc(S(=O)(=O)N2CCCCC2)ccc1Cl)C(=O)N(C)c1ccccc1. The minimum absolute atomic E-state index is 0.0221. The number of likely N-dealkylation sites (N-methyl/N-ethyl adjacent to an activating group) is 1. The van der Waals surface area contributed by atoms with Crippen LogP contribution in [-0.2, 0) is 19.6 Å².